The van der Waals surface area contributed by atoms with Crippen molar-refractivity contribution in [2.75, 3.05) is 0 Å². The van der Waals surface area contributed by atoms with Crippen LogP contribution in [0.15, 0.2) is 33.6 Å². The maximum atomic E-state index is 11.6. The summed E-state index contributed by atoms with van der Waals surface area (Å²) >= 11 is 0. The molecule has 0 saturated heterocycles. The predicted molar refractivity (Wildman–Crippen MR) is 55.1 cm³/mol. The number of aliphatic hydroxyl groups excluding tert-OH is 1. The highest BCUT2D eigenvalue weighted by atomic mass is 32.2. The molecule has 0 aromatic heterocycles. The Bertz CT molecular complexity index is 606. The van der Waals surface area contributed by atoms with Crippen LogP contribution >= 0.6 is 0 Å². The van der Waals surface area contributed by atoms with Crippen LogP contribution in [0.2, 0.25) is 0 Å². The molecule has 1 aliphatic heterocycles. The lowest BCUT2D eigenvalue weighted by atomic mass is 10.1. The molecule has 2 N–H and O–H groups in total. The van der Waals surface area contributed by atoms with Gasteiger partial charge in [0.1, 0.15) is 0 Å². The predicted octanol–water partition coefficient (Wildman–Crippen LogP) is 0.515. The first kappa shape index (κ1) is 11.6. The molecular formula is C9H7NO6S. The Morgan fingerprint density at radius 2 is 2.00 bits per heavy atom. The third-order valence-electron chi connectivity index (χ3n) is 2.13. The standard InChI is InChI=1S/C9H7NO6S/c11-7-5-3-1-2-4-6(5)17(14,15)10-8(7)16-9(12)13/h1-4,7,11H,(H,12,13). The average Bonchev–Trinajstić information content (AvgIpc) is 2.25. The SMILES string of the molecule is O=C(O)OC1=NS(=O)(=O)c2ccccc2C1O. The smallest absolute Gasteiger partial charge is 0.449 e. The summed E-state index contributed by atoms with van der Waals surface area (Å²) in [4.78, 5) is 10.2. The summed E-state index contributed by atoms with van der Waals surface area (Å²) in [6, 6.07) is 5.62. The zero-order valence-electron chi connectivity index (χ0n) is 8.27. The fraction of sp³-hybridized carbons (Fsp3) is 0.111. The minimum absolute atomic E-state index is 0.0405. The maximum absolute atomic E-state index is 11.6. The lowest BCUT2D eigenvalue weighted by Gasteiger charge is -2.19. The van der Waals surface area contributed by atoms with Gasteiger partial charge in [-0.05, 0) is 6.07 Å². The number of sulfonamides is 1. The highest BCUT2D eigenvalue weighted by Crippen LogP contribution is 2.30. The highest BCUT2D eigenvalue weighted by molar-refractivity contribution is 7.90. The molecule has 0 saturated carbocycles. The van der Waals surface area contributed by atoms with Gasteiger partial charge >= 0.3 is 6.16 Å². The number of hydrogen-bond acceptors (Lipinski definition) is 5. The Labute approximate surface area is 96.0 Å². The first-order valence-corrected chi connectivity index (χ1v) is 5.88. The van der Waals surface area contributed by atoms with E-state index in [1.807, 2.05) is 0 Å². The monoisotopic (exact) mass is 257 g/mol. The number of ether oxygens (including phenoxy) is 1. The second-order valence-corrected chi connectivity index (χ2v) is 4.79. The van der Waals surface area contributed by atoms with E-state index >= 15 is 0 Å². The van der Waals surface area contributed by atoms with Crippen molar-refractivity contribution in [2.45, 2.75) is 11.0 Å². The molecule has 0 amide bonds. The Morgan fingerprint density at radius 3 is 2.65 bits per heavy atom. The van der Waals surface area contributed by atoms with Gasteiger partial charge in [-0.3, -0.25) is 0 Å². The van der Waals surface area contributed by atoms with Gasteiger partial charge in [-0.25, -0.2) is 4.79 Å². The zero-order valence-corrected chi connectivity index (χ0v) is 9.09. The van der Waals surface area contributed by atoms with Crippen molar-refractivity contribution in [1.82, 2.24) is 0 Å². The van der Waals surface area contributed by atoms with Gasteiger partial charge in [0, 0.05) is 5.56 Å². The van der Waals surface area contributed by atoms with Gasteiger partial charge in [0.05, 0.1) is 4.90 Å². The molecule has 2 rings (SSSR count). The lowest BCUT2D eigenvalue weighted by molar-refractivity contribution is 0.126. The van der Waals surface area contributed by atoms with Gasteiger partial charge in [0.15, 0.2) is 6.10 Å². The Balaban J connectivity index is 2.58. The number of benzene rings is 1. The van der Waals surface area contributed by atoms with Crippen LogP contribution in [-0.4, -0.2) is 30.7 Å². The second kappa shape index (κ2) is 3.82. The first-order valence-electron chi connectivity index (χ1n) is 4.44. The van der Waals surface area contributed by atoms with Crippen LogP contribution in [0.5, 0.6) is 0 Å². The molecule has 17 heavy (non-hydrogen) atoms. The van der Waals surface area contributed by atoms with E-state index in [1.165, 1.54) is 24.3 Å². The average molecular weight is 257 g/mol. The number of rotatable bonds is 0. The molecule has 1 aliphatic rings. The lowest BCUT2D eigenvalue weighted by Crippen LogP contribution is -2.26. The van der Waals surface area contributed by atoms with Crippen LogP contribution in [0, 0.1) is 0 Å². The molecule has 0 bridgehead atoms. The van der Waals surface area contributed by atoms with Crippen LogP contribution < -0.4 is 0 Å². The summed E-state index contributed by atoms with van der Waals surface area (Å²) in [5.74, 6) is -0.767. The fourth-order valence-electron chi connectivity index (χ4n) is 1.46. The van der Waals surface area contributed by atoms with E-state index < -0.39 is 28.2 Å². The number of carbonyl (C=O) groups is 1. The van der Waals surface area contributed by atoms with Crippen molar-refractivity contribution in [3.63, 3.8) is 0 Å². The molecule has 90 valence electrons. The number of aliphatic hydroxyl groups is 1. The molecule has 0 fully saturated rings. The largest absolute Gasteiger partial charge is 0.512 e. The van der Waals surface area contributed by atoms with Gasteiger partial charge in [0.25, 0.3) is 10.0 Å². The minimum Gasteiger partial charge on any atom is -0.449 e. The molecule has 0 aliphatic carbocycles. The molecule has 1 unspecified atom stereocenters. The van der Waals surface area contributed by atoms with Gasteiger partial charge in [-0.2, -0.15) is 8.42 Å². The summed E-state index contributed by atoms with van der Waals surface area (Å²) in [6.07, 6.45) is -3.25. The van der Waals surface area contributed by atoms with Gasteiger partial charge in [-0.15, -0.1) is 4.40 Å². The molecule has 1 heterocycles. The minimum atomic E-state index is -4.03. The number of hydrogen-bond donors (Lipinski definition) is 2. The molecule has 1 atom stereocenters. The van der Waals surface area contributed by atoms with E-state index in [4.69, 9.17) is 5.11 Å². The van der Waals surface area contributed by atoms with Crippen LogP contribution in [0.1, 0.15) is 11.7 Å². The van der Waals surface area contributed by atoms with Crippen LogP contribution in [0.25, 0.3) is 0 Å². The summed E-state index contributed by atoms with van der Waals surface area (Å²) in [6.45, 7) is 0. The van der Waals surface area contributed by atoms with Crippen LogP contribution in [-0.2, 0) is 14.8 Å². The zero-order chi connectivity index (χ0) is 12.6. The van der Waals surface area contributed by atoms with Crippen LogP contribution in [0.4, 0.5) is 4.79 Å². The molecule has 0 radical (unpaired) electrons. The molecule has 8 heteroatoms. The number of nitrogens with zero attached hydrogens (tertiary/aromatic N) is 1. The van der Waals surface area contributed by atoms with Crippen molar-refractivity contribution < 1.29 is 28.2 Å². The quantitative estimate of drug-likeness (QED) is 0.655. The Kier molecular flexibility index (Phi) is 2.60. The number of fused-ring (bicyclic) bond motifs is 1. The van der Waals surface area contributed by atoms with Crippen molar-refractivity contribution in [3.8, 4) is 0 Å². The van der Waals surface area contributed by atoms with Crippen molar-refractivity contribution in [1.29, 1.82) is 0 Å². The van der Waals surface area contributed by atoms with E-state index in [-0.39, 0.29) is 10.5 Å². The Morgan fingerprint density at radius 1 is 1.35 bits per heavy atom. The summed E-state index contributed by atoms with van der Waals surface area (Å²) in [5.41, 5.74) is 0.0405. The van der Waals surface area contributed by atoms with Crippen molar-refractivity contribution in [2.24, 2.45) is 4.40 Å². The summed E-state index contributed by atoms with van der Waals surface area (Å²) in [7, 11) is -4.03. The topological polar surface area (TPSA) is 113 Å². The molecule has 1 aromatic carbocycles. The molecular weight excluding hydrogens is 250 g/mol. The summed E-state index contributed by atoms with van der Waals surface area (Å²) < 4.78 is 30.5. The highest BCUT2D eigenvalue weighted by Gasteiger charge is 2.33. The second-order valence-electron chi connectivity index (χ2n) is 3.21. The fourth-order valence-corrected chi connectivity index (χ4v) is 2.66. The van der Waals surface area contributed by atoms with Gasteiger partial charge < -0.3 is 14.9 Å². The summed E-state index contributed by atoms with van der Waals surface area (Å²) in [5, 5.41) is 18.1. The van der Waals surface area contributed by atoms with E-state index in [0.717, 1.165) is 0 Å². The van der Waals surface area contributed by atoms with Gasteiger partial charge in [0.2, 0.25) is 5.90 Å². The Hall–Kier alpha value is -1.93. The van der Waals surface area contributed by atoms with Crippen molar-refractivity contribution >= 4 is 22.1 Å². The van der Waals surface area contributed by atoms with E-state index in [0.29, 0.717) is 0 Å². The third-order valence-corrected chi connectivity index (χ3v) is 3.48. The number of carboxylic acid groups (broad SMARTS) is 1. The molecule has 1 aromatic rings. The van der Waals surface area contributed by atoms with Gasteiger partial charge in [-0.1, -0.05) is 18.2 Å². The van der Waals surface area contributed by atoms with E-state index in [2.05, 4.69) is 9.13 Å². The third kappa shape index (κ3) is 1.99. The van der Waals surface area contributed by atoms with E-state index in [1.54, 1.807) is 0 Å². The normalized spacial score (nSPS) is 21.2. The maximum Gasteiger partial charge on any atom is 0.512 e. The van der Waals surface area contributed by atoms with Crippen molar-refractivity contribution in [3.05, 3.63) is 29.8 Å². The first-order chi connectivity index (χ1) is 7.92. The molecule has 7 nitrogen and oxygen atoms in total. The van der Waals surface area contributed by atoms with Crippen LogP contribution in [0.3, 0.4) is 0 Å². The van der Waals surface area contributed by atoms with E-state index in [9.17, 15) is 18.3 Å². The molecule has 0 spiro atoms.